The van der Waals surface area contributed by atoms with Crippen molar-refractivity contribution in [2.75, 3.05) is 19.7 Å². The second kappa shape index (κ2) is 12.3. The summed E-state index contributed by atoms with van der Waals surface area (Å²) in [5.41, 5.74) is 5.00. The number of carboxylic acids is 1. The number of alkyl halides is 2. The molecule has 0 spiro atoms. The van der Waals surface area contributed by atoms with Crippen molar-refractivity contribution in [1.29, 1.82) is 0 Å². The topological polar surface area (TPSA) is 105 Å². The van der Waals surface area contributed by atoms with Gasteiger partial charge in [-0.05, 0) is 34.7 Å². The molecule has 42 heavy (non-hydrogen) atoms. The number of hydrogen-bond donors (Lipinski definition) is 2. The van der Waals surface area contributed by atoms with Crippen LogP contribution >= 0.6 is 0 Å². The van der Waals surface area contributed by atoms with Crippen molar-refractivity contribution in [3.63, 3.8) is 0 Å². The van der Waals surface area contributed by atoms with Crippen molar-refractivity contribution in [3.05, 3.63) is 95.6 Å². The van der Waals surface area contributed by atoms with Gasteiger partial charge in [-0.1, -0.05) is 78.9 Å². The summed E-state index contributed by atoms with van der Waals surface area (Å²) >= 11 is 0. The van der Waals surface area contributed by atoms with Crippen LogP contribution in [0, 0.1) is 5.92 Å². The zero-order chi connectivity index (χ0) is 29.9. The molecule has 3 aromatic rings. The molecule has 2 N–H and O–H groups in total. The Morgan fingerprint density at radius 1 is 0.976 bits per heavy atom. The van der Waals surface area contributed by atoms with Crippen LogP contribution in [0.1, 0.15) is 36.0 Å². The summed E-state index contributed by atoms with van der Waals surface area (Å²) in [6, 6.07) is 23.6. The molecule has 1 aliphatic carbocycles. The summed E-state index contributed by atoms with van der Waals surface area (Å²) in [5.74, 6) is -8.11. The maximum Gasteiger partial charge on any atom is 0.407 e. The van der Waals surface area contributed by atoms with Crippen molar-refractivity contribution in [2.24, 2.45) is 5.92 Å². The van der Waals surface area contributed by atoms with E-state index in [-0.39, 0.29) is 25.7 Å². The average molecular weight is 579 g/mol. The summed E-state index contributed by atoms with van der Waals surface area (Å²) in [4.78, 5) is 39.3. The maximum atomic E-state index is 14.3. The lowest BCUT2D eigenvalue weighted by Crippen LogP contribution is -2.59. The van der Waals surface area contributed by atoms with Gasteiger partial charge in [0.1, 0.15) is 18.6 Å². The quantitative estimate of drug-likeness (QED) is 0.368. The predicted molar refractivity (Wildman–Crippen MR) is 150 cm³/mol. The lowest BCUT2D eigenvalue weighted by molar-refractivity contribution is -0.170. The van der Waals surface area contributed by atoms with E-state index in [1.165, 1.54) is 0 Å². The molecule has 2 aliphatic rings. The number of ether oxygens (including phenoxy) is 2. The van der Waals surface area contributed by atoms with Gasteiger partial charge in [0, 0.05) is 25.4 Å². The maximum absolute atomic E-state index is 14.3. The minimum absolute atomic E-state index is 0.0110. The van der Waals surface area contributed by atoms with Crippen molar-refractivity contribution < 1.29 is 37.7 Å². The molecule has 0 radical (unpaired) electrons. The Morgan fingerprint density at radius 2 is 1.57 bits per heavy atom. The first kappa shape index (κ1) is 29.2. The van der Waals surface area contributed by atoms with E-state index >= 15 is 0 Å². The van der Waals surface area contributed by atoms with Crippen LogP contribution in [0.2, 0.25) is 0 Å². The van der Waals surface area contributed by atoms with Crippen molar-refractivity contribution in [3.8, 4) is 11.1 Å². The molecule has 1 unspecified atom stereocenters. The zero-order valence-corrected chi connectivity index (χ0v) is 23.0. The molecule has 1 saturated heterocycles. The fourth-order valence-corrected chi connectivity index (χ4v) is 5.60. The standard InChI is InChI=1S/C32H32F2N2O6/c1-20(41-18-21-9-3-2-4-10-21)28(29(37)36-16-15-32(33,34)27(17-36)30(38)39)35-31(40)42-19-26-24-13-7-5-11-22(24)23-12-6-8-14-25(23)26/h2-14,20,26-28H,15-19H2,1H3,(H,35,40)(H,38,39)/t20-,27?,28+/m0/s1. The largest absolute Gasteiger partial charge is 0.481 e. The number of likely N-dealkylation sites (tertiary alicyclic amines) is 1. The molecule has 10 heteroatoms. The van der Waals surface area contributed by atoms with Gasteiger partial charge in [0.05, 0.1) is 12.7 Å². The number of nitrogens with zero attached hydrogens (tertiary/aromatic N) is 1. The Morgan fingerprint density at radius 3 is 2.19 bits per heavy atom. The number of carbonyl (C=O) groups excluding carboxylic acids is 2. The molecular weight excluding hydrogens is 546 g/mol. The van der Waals surface area contributed by atoms with Crippen molar-refractivity contribution in [1.82, 2.24) is 10.2 Å². The monoisotopic (exact) mass is 578 g/mol. The highest BCUT2D eigenvalue weighted by atomic mass is 19.3. The molecule has 1 aliphatic heterocycles. The Labute approximate surface area is 242 Å². The number of aliphatic carboxylic acids is 1. The highest BCUT2D eigenvalue weighted by molar-refractivity contribution is 5.87. The van der Waals surface area contributed by atoms with E-state index in [1.807, 2.05) is 78.9 Å². The van der Waals surface area contributed by atoms with Crippen molar-refractivity contribution >= 4 is 18.0 Å². The number of fused-ring (bicyclic) bond motifs is 3. The van der Waals surface area contributed by atoms with E-state index in [2.05, 4.69) is 5.32 Å². The van der Waals surface area contributed by atoms with E-state index in [9.17, 15) is 28.3 Å². The molecule has 1 fully saturated rings. The minimum atomic E-state index is -3.45. The van der Waals surface area contributed by atoms with Crippen LogP contribution in [0.25, 0.3) is 11.1 Å². The molecule has 0 saturated carbocycles. The van der Waals surface area contributed by atoms with Gasteiger partial charge in [-0.3, -0.25) is 9.59 Å². The highest BCUT2D eigenvalue weighted by Crippen LogP contribution is 2.44. The summed E-state index contributed by atoms with van der Waals surface area (Å²) in [5, 5.41) is 11.9. The van der Waals surface area contributed by atoms with Gasteiger partial charge in [-0.25, -0.2) is 13.6 Å². The minimum Gasteiger partial charge on any atom is -0.481 e. The molecule has 8 nitrogen and oxygen atoms in total. The van der Waals surface area contributed by atoms with Crippen LogP contribution in [0.3, 0.4) is 0 Å². The Balaban J connectivity index is 1.30. The van der Waals surface area contributed by atoms with Crippen LogP contribution in [0.4, 0.5) is 13.6 Å². The molecule has 3 aromatic carbocycles. The number of benzene rings is 3. The number of carbonyl (C=O) groups is 3. The highest BCUT2D eigenvalue weighted by Gasteiger charge is 2.50. The smallest absolute Gasteiger partial charge is 0.407 e. The number of piperidine rings is 1. The lowest BCUT2D eigenvalue weighted by atomic mass is 9.93. The van der Waals surface area contributed by atoms with E-state index in [1.54, 1.807) is 6.92 Å². The van der Waals surface area contributed by atoms with Crippen molar-refractivity contribution in [2.45, 2.75) is 43.9 Å². The fraction of sp³-hybridized carbons (Fsp3) is 0.344. The Kier molecular flexibility index (Phi) is 8.54. The third-order valence-electron chi connectivity index (χ3n) is 7.95. The first-order valence-corrected chi connectivity index (χ1v) is 13.8. The molecule has 0 aromatic heterocycles. The Bertz CT molecular complexity index is 1400. The molecule has 220 valence electrons. The number of rotatable bonds is 9. The SMILES string of the molecule is C[C@H](OCc1ccccc1)[C@@H](NC(=O)OCC1c2ccccc2-c2ccccc21)C(=O)N1CCC(F)(F)C(C(=O)O)C1. The van der Waals surface area contributed by atoms with Gasteiger partial charge in [0.15, 0.2) is 0 Å². The van der Waals surface area contributed by atoms with Crippen LogP contribution in [0.15, 0.2) is 78.9 Å². The Hall–Kier alpha value is -4.31. The number of alkyl carbamates (subject to hydrolysis) is 1. The first-order valence-electron chi connectivity index (χ1n) is 13.8. The normalized spacial score (nSPS) is 18.8. The number of nitrogens with one attached hydrogen (secondary N) is 1. The summed E-state index contributed by atoms with van der Waals surface area (Å²) in [6.45, 7) is 0.687. The van der Waals surface area contributed by atoms with E-state index in [0.717, 1.165) is 32.7 Å². The number of amides is 2. The number of carboxylic acid groups (broad SMARTS) is 1. The van der Waals surface area contributed by atoms with Gasteiger partial charge < -0.3 is 24.8 Å². The number of hydrogen-bond acceptors (Lipinski definition) is 5. The summed E-state index contributed by atoms with van der Waals surface area (Å²) in [6.07, 6.45) is -2.56. The van der Waals surface area contributed by atoms with E-state index in [0.29, 0.717) is 0 Å². The summed E-state index contributed by atoms with van der Waals surface area (Å²) < 4.78 is 40.1. The summed E-state index contributed by atoms with van der Waals surface area (Å²) in [7, 11) is 0. The van der Waals surface area contributed by atoms with Crippen LogP contribution in [-0.4, -0.2) is 65.7 Å². The van der Waals surface area contributed by atoms with Gasteiger partial charge >= 0.3 is 12.1 Å². The van der Waals surface area contributed by atoms with E-state index < -0.39 is 54.9 Å². The third-order valence-corrected chi connectivity index (χ3v) is 7.95. The lowest BCUT2D eigenvalue weighted by Gasteiger charge is -2.38. The van der Waals surface area contributed by atoms with Gasteiger partial charge in [-0.2, -0.15) is 0 Å². The van der Waals surface area contributed by atoms with Gasteiger partial charge in [0.25, 0.3) is 5.92 Å². The molecule has 5 rings (SSSR count). The first-order chi connectivity index (χ1) is 20.2. The molecule has 1 heterocycles. The van der Waals surface area contributed by atoms with E-state index in [4.69, 9.17) is 9.47 Å². The molecular formula is C32H32F2N2O6. The van der Waals surface area contributed by atoms with Gasteiger partial charge in [-0.15, -0.1) is 0 Å². The average Bonchev–Trinajstić information content (AvgIpc) is 3.31. The molecule has 0 bridgehead atoms. The van der Waals surface area contributed by atoms with Gasteiger partial charge in [0.2, 0.25) is 5.91 Å². The van der Waals surface area contributed by atoms with Crippen LogP contribution < -0.4 is 5.32 Å². The third kappa shape index (κ3) is 6.13. The molecule has 2 amide bonds. The predicted octanol–water partition coefficient (Wildman–Crippen LogP) is 5.07. The second-order valence-electron chi connectivity index (χ2n) is 10.6. The molecule has 3 atom stereocenters. The van der Waals surface area contributed by atoms with Crippen LogP contribution in [0.5, 0.6) is 0 Å². The van der Waals surface area contributed by atoms with Crippen LogP contribution in [-0.2, 0) is 25.7 Å². The zero-order valence-electron chi connectivity index (χ0n) is 23.0. The number of halogens is 2. The fourth-order valence-electron chi connectivity index (χ4n) is 5.60. The second-order valence-corrected chi connectivity index (χ2v) is 10.6.